The van der Waals surface area contributed by atoms with E-state index in [9.17, 15) is 4.79 Å². The number of unbranched alkanes of at least 4 members (excludes halogenated alkanes) is 7. The van der Waals surface area contributed by atoms with Gasteiger partial charge in [0, 0.05) is 6.61 Å². The molecule has 0 aromatic heterocycles. The molecule has 0 aromatic carbocycles. The molecule has 0 amide bonds. The van der Waals surface area contributed by atoms with E-state index in [1.54, 1.807) is 0 Å². The molecule has 0 heterocycles. The third-order valence-electron chi connectivity index (χ3n) is 2.78. The van der Waals surface area contributed by atoms with Gasteiger partial charge in [-0.05, 0) is 13.3 Å². The number of hydrogen-bond donors (Lipinski definition) is 2. The van der Waals surface area contributed by atoms with Gasteiger partial charge < -0.3 is 9.84 Å². The van der Waals surface area contributed by atoms with Gasteiger partial charge >= 0.3 is 5.97 Å². The smallest absolute Gasteiger partial charge is 0.346 e. The van der Waals surface area contributed by atoms with Gasteiger partial charge in [0.2, 0.25) is 4.93 Å². The molecule has 0 bridgehead atoms. The number of ether oxygens (including phenoxy) is 1. The highest BCUT2D eigenvalue weighted by Crippen LogP contribution is 2.16. The van der Waals surface area contributed by atoms with Crippen LogP contribution in [0.2, 0.25) is 0 Å². The van der Waals surface area contributed by atoms with E-state index in [0.29, 0.717) is 6.61 Å². The molecule has 4 heteroatoms. The Balaban J connectivity index is 3.27. The zero-order chi connectivity index (χ0) is 13.1. The molecule has 0 rings (SSSR count). The summed E-state index contributed by atoms with van der Waals surface area (Å²) in [6, 6.07) is 0. The molecular formula is C13H26O3S. The minimum Gasteiger partial charge on any atom is -0.478 e. The van der Waals surface area contributed by atoms with Crippen molar-refractivity contribution in [3.05, 3.63) is 0 Å². The van der Waals surface area contributed by atoms with E-state index in [1.807, 2.05) is 0 Å². The number of carboxylic acid groups (broad SMARTS) is 1. The molecule has 0 aromatic rings. The number of thiol groups is 1. The number of carbonyl (C=O) groups is 1. The van der Waals surface area contributed by atoms with Gasteiger partial charge in [0.25, 0.3) is 0 Å². The molecule has 1 atom stereocenters. The predicted molar refractivity (Wildman–Crippen MR) is 73.6 cm³/mol. The fourth-order valence-electron chi connectivity index (χ4n) is 1.57. The molecule has 102 valence electrons. The van der Waals surface area contributed by atoms with Crippen molar-refractivity contribution in [1.29, 1.82) is 0 Å². The van der Waals surface area contributed by atoms with E-state index in [1.165, 1.54) is 45.4 Å². The molecule has 0 aliphatic rings. The van der Waals surface area contributed by atoms with Crippen LogP contribution in [0, 0.1) is 0 Å². The lowest BCUT2D eigenvalue weighted by Crippen LogP contribution is -2.32. The highest BCUT2D eigenvalue weighted by molar-refractivity contribution is 7.82. The van der Waals surface area contributed by atoms with Gasteiger partial charge in [-0.2, -0.15) is 0 Å². The van der Waals surface area contributed by atoms with Crippen LogP contribution in [0.15, 0.2) is 0 Å². The Morgan fingerprint density at radius 2 is 1.59 bits per heavy atom. The van der Waals surface area contributed by atoms with Crippen molar-refractivity contribution < 1.29 is 14.6 Å². The lowest BCUT2D eigenvalue weighted by Gasteiger charge is -2.18. The van der Waals surface area contributed by atoms with Gasteiger partial charge in [0.05, 0.1) is 0 Å². The summed E-state index contributed by atoms with van der Waals surface area (Å²) in [6.07, 6.45) is 9.77. The normalized spacial score (nSPS) is 14.5. The third kappa shape index (κ3) is 9.48. The van der Waals surface area contributed by atoms with Crippen LogP contribution < -0.4 is 0 Å². The second-order valence-electron chi connectivity index (χ2n) is 4.61. The van der Waals surface area contributed by atoms with Gasteiger partial charge in [-0.3, -0.25) is 0 Å². The van der Waals surface area contributed by atoms with E-state index >= 15 is 0 Å². The second-order valence-corrected chi connectivity index (χ2v) is 5.46. The van der Waals surface area contributed by atoms with Crippen molar-refractivity contribution in [2.24, 2.45) is 0 Å². The lowest BCUT2D eigenvalue weighted by molar-refractivity contribution is -0.152. The van der Waals surface area contributed by atoms with Crippen molar-refractivity contribution in [3.8, 4) is 0 Å². The monoisotopic (exact) mass is 262 g/mol. The van der Waals surface area contributed by atoms with Crippen molar-refractivity contribution in [1.82, 2.24) is 0 Å². The Hall–Kier alpha value is -0.220. The molecule has 0 spiro atoms. The van der Waals surface area contributed by atoms with Crippen molar-refractivity contribution in [2.75, 3.05) is 6.61 Å². The molecule has 1 N–H and O–H groups in total. The minimum absolute atomic E-state index is 0.473. The van der Waals surface area contributed by atoms with Crippen LogP contribution in [0.4, 0.5) is 0 Å². The fraction of sp³-hybridized carbons (Fsp3) is 0.923. The van der Waals surface area contributed by atoms with Gasteiger partial charge in [-0.15, -0.1) is 12.6 Å². The molecule has 1 unspecified atom stereocenters. The SMILES string of the molecule is CCCCCCCCCCOC(C)(S)C(=O)O. The summed E-state index contributed by atoms with van der Waals surface area (Å²) in [5.74, 6) is -1.03. The fourth-order valence-corrected chi connectivity index (χ4v) is 1.66. The predicted octanol–water partition coefficient (Wildman–Crippen LogP) is 3.87. The van der Waals surface area contributed by atoms with Crippen LogP contribution in [0.3, 0.4) is 0 Å². The van der Waals surface area contributed by atoms with Gasteiger partial charge in [-0.1, -0.05) is 51.9 Å². The summed E-state index contributed by atoms with van der Waals surface area (Å²) in [5, 5.41) is 8.76. The van der Waals surface area contributed by atoms with Crippen LogP contribution in [0.5, 0.6) is 0 Å². The van der Waals surface area contributed by atoms with Crippen molar-refractivity contribution >= 4 is 18.6 Å². The zero-order valence-electron chi connectivity index (χ0n) is 11.1. The topological polar surface area (TPSA) is 46.5 Å². The van der Waals surface area contributed by atoms with Crippen molar-refractivity contribution in [3.63, 3.8) is 0 Å². The average Bonchev–Trinajstić information content (AvgIpc) is 2.26. The van der Waals surface area contributed by atoms with E-state index in [-0.39, 0.29) is 0 Å². The Morgan fingerprint density at radius 1 is 1.12 bits per heavy atom. The van der Waals surface area contributed by atoms with Crippen molar-refractivity contribution in [2.45, 2.75) is 70.1 Å². The Bertz CT molecular complexity index is 205. The first kappa shape index (κ1) is 16.8. The summed E-state index contributed by atoms with van der Waals surface area (Å²) in [5.41, 5.74) is 0. The van der Waals surface area contributed by atoms with Crippen LogP contribution in [0.25, 0.3) is 0 Å². The standard InChI is InChI=1S/C13H26O3S/c1-3-4-5-6-7-8-9-10-11-16-13(2,17)12(14)15/h17H,3-11H2,1-2H3,(H,14,15). The maximum atomic E-state index is 10.7. The quantitative estimate of drug-likeness (QED) is 0.337. The minimum atomic E-state index is -1.35. The molecule has 17 heavy (non-hydrogen) atoms. The summed E-state index contributed by atoms with van der Waals surface area (Å²) < 4.78 is 5.20. The maximum absolute atomic E-state index is 10.7. The Kier molecular flexibility index (Phi) is 9.65. The van der Waals surface area contributed by atoms with Gasteiger partial charge in [-0.25, -0.2) is 4.79 Å². The summed E-state index contributed by atoms with van der Waals surface area (Å²) in [4.78, 5) is 9.34. The highest BCUT2D eigenvalue weighted by Gasteiger charge is 2.28. The Morgan fingerprint density at radius 3 is 2.06 bits per heavy atom. The first-order valence-electron chi connectivity index (χ1n) is 6.60. The average molecular weight is 262 g/mol. The van der Waals surface area contributed by atoms with E-state index in [4.69, 9.17) is 9.84 Å². The Labute approximate surface area is 110 Å². The van der Waals surface area contributed by atoms with Gasteiger partial charge in [0.1, 0.15) is 0 Å². The number of hydrogen-bond acceptors (Lipinski definition) is 3. The summed E-state index contributed by atoms with van der Waals surface area (Å²) in [7, 11) is 0. The first-order chi connectivity index (χ1) is 8.00. The largest absolute Gasteiger partial charge is 0.478 e. The molecular weight excluding hydrogens is 236 g/mol. The zero-order valence-corrected chi connectivity index (χ0v) is 12.0. The number of rotatable bonds is 11. The first-order valence-corrected chi connectivity index (χ1v) is 7.05. The van der Waals surface area contributed by atoms with Crippen LogP contribution in [-0.2, 0) is 9.53 Å². The van der Waals surface area contributed by atoms with E-state index in [0.717, 1.165) is 12.8 Å². The van der Waals surface area contributed by atoms with E-state index in [2.05, 4.69) is 19.6 Å². The molecule has 0 fully saturated rings. The van der Waals surface area contributed by atoms with Crippen LogP contribution in [-0.4, -0.2) is 22.6 Å². The molecule has 0 aliphatic carbocycles. The number of aliphatic carboxylic acids is 1. The summed E-state index contributed by atoms with van der Waals surface area (Å²) >= 11 is 3.94. The maximum Gasteiger partial charge on any atom is 0.346 e. The van der Waals surface area contributed by atoms with Crippen LogP contribution in [0.1, 0.15) is 65.2 Å². The molecule has 0 aliphatic heterocycles. The molecule has 3 nitrogen and oxygen atoms in total. The second kappa shape index (κ2) is 9.77. The third-order valence-corrected chi connectivity index (χ3v) is 3.10. The molecule has 0 saturated heterocycles. The number of carboxylic acids is 1. The van der Waals surface area contributed by atoms with E-state index < -0.39 is 10.9 Å². The van der Waals surface area contributed by atoms with Gasteiger partial charge in [0.15, 0.2) is 0 Å². The molecule has 0 radical (unpaired) electrons. The van der Waals surface area contributed by atoms with Crippen LogP contribution >= 0.6 is 12.6 Å². The lowest BCUT2D eigenvalue weighted by atomic mass is 10.1. The highest BCUT2D eigenvalue weighted by atomic mass is 32.1. The summed E-state index contributed by atoms with van der Waals surface area (Å²) in [6.45, 7) is 4.15. The molecule has 0 saturated carbocycles.